The van der Waals surface area contributed by atoms with Crippen molar-refractivity contribution in [2.45, 2.75) is 73.2 Å². The topological polar surface area (TPSA) is 242 Å². The summed E-state index contributed by atoms with van der Waals surface area (Å²) in [5.41, 5.74) is -0.280. The van der Waals surface area contributed by atoms with Gasteiger partial charge >= 0.3 is 0 Å². The van der Waals surface area contributed by atoms with Crippen LogP contribution in [0, 0.1) is 0 Å². The number of benzene rings is 2. The monoisotopic (exact) mass is 719 g/mol. The molecule has 274 valence electrons. The van der Waals surface area contributed by atoms with E-state index in [1.807, 2.05) is 30.3 Å². The van der Waals surface area contributed by atoms with Crippen molar-refractivity contribution in [3.05, 3.63) is 102 Å². The van der Waals surface area contributed by atoms with Crippen molar-refractivity contribution in [2.24, 2.45) is 0 Å². The van der Waals surface area contributed by atoms with Crippen LogP contribution in [0.3, 0.4) is 0 Å². The fourth-order valence-electron chi connectivity index (χ4n) is 7.09. The Balaban J connectivity index is 1.17. The number of hydrogen-bond donors (Lipinski definition) is 8. The molecule has 5 aromatic rings. The molecule has 1 saturated carbocycles. The Morgan fingerprint density at radius 3 is 2.25 bits per heavy atom. The van der Waals surface area contributed by atoms with Crippen molar-refractivity contribution >= 4 is 5.65 Å². The normalized spacial score (nSPS) is 32.5. The zero-order valence-corrected chi connectivity index (χ0v) is 27.4. The zero-order chi connectivity index (χ0) is 36.4. The lowest BCUT2D eigenvalue weighted by molar-refractivity contribution is -0.510. The Bertz CT molecular complexity index is 2020. The number of aromatic nitrogens is 3. The van der Waals surface area contributed by atoms with Gasteiger partial charge in [-0.1, -0.05) is 30.3 Å². The minimum absolute atomic E-state index is 0.137. The predicted octanol–water partition coefficient (Wildman–Crippen LogP) is -0.718. The highest BCUT2D eigenvalue weighted by molar-refractivity contribution is 5.64. The van der Waals surface area contributed by atoms with Crippen LogP contribution in [0.4, 0.5) is 0 Å². The van der Waals surface area contributed by atoms with Gasteiger partial charge in [0.2, 0.25) is 18.5 Å². The minimum atomic E-state index is -2.00. The number of rotatable bonds is 11. The molecular formula is C36H37N3O13. The molecule has 8 rings (SSSR count). The van der Waals surface area contributed by atoms with E-state index in [1.165, 1.54) is 6.26 Å². The van der Waals surface area contributed by atoms with Gasteiger partial charge in [0.05, 0.1) is 37.3 Å². The van der Waals surface area contributed by atoms with Crippen LogP contribution in [0.25, 0.3) is 16.9 Å². The largest absolute Gasteiger partial charge is 0.469 e. The van der Waals surface area contributed by atoms with Crippen LogP contribution in [0.15, 0.2) is 83.6 Å². The lowest BCUT2D eigenvalue weighted by atomic mass is 9.56. The lowest BCUT2D eigenvalue weighted by Gasteiger charge is -2.70. The Morgan fingerprint density at radius 1 is 0.788 bits per heavy atom. The van der Waals surface area contributed by atoms with Crippen LogP contribution in [0.1, 0.15) is 22.7 Å². The van der Waals surface area contributed by atoms with Gasteiger partial charge in [-0.2, -0.15) is 0 Å². The first-order valence-electron chi connectivity index (χ1n) is 16.7. The molecule has 2 aromatic carbocycles. The molecule has 52 heavy (non-hydrogen) atoms. The first kappa shape index (κ1) is 34.6. The molecule has 0 bridgehead atoms. The number of imidazole rings is 1. The second-order valence-corrected chi connectivity index (χ2v) is 13.2. The fraction of sp³-hybridized carbons (Fsp3) is 0.389. The van der Waals surface area contributed by atoms with E-state index in [1.54, 1.807) is 47.0 Å². The van der Waals surface area contributed by atoms with Gasteiger partial charge in [0, 0.05) is 18.2 Å². The quantitative estimate of drug-likeness (QED) is 0.0841. The van der Waals surface area contributed by atoms with E-state index >= 15 is 0 Å². The number of nitrogens with zero attached hydrogens (tertiary/aromatic N) is 3. The van der Waals surface area contributed by atoms with E-state index in [2.05, 4.69) is 0 Å². The molecule has 3 aliphatic rings. The summed E-state index contributed by atoms with van der Waals surface area (Å²) in [6, 6.07) is 19.8. The minimum Gasteiger partial charge on any atom is -0.469 e. The number of ether oxygens (including phenoxy) is 4. The maximum absolute atomic E-state index is 10.9. The third-order valence-electron chi connectivity index (χ3n) is 10.1. The summed E-state index contributed by atoms with van der Waals surface area (Å²) < 4.78 is 30.5. The Kier molecular flexibility index (Phi) is 8.78. The van der Waals surface area contributed by atoms with Gasteiger partial charge < -0.3 is 64.2 Å². The van der Waals surface area contributed by atoms with Crippen molar-refractivity contribution in [1.82, 2.24) is 14.4 Å². The van der Waals surface area contributed by atoms with Gasteiger partial charge in [-0.25, -0.2) is 9.97 Å². The number of fused-ring (bicyclic) bond motifs is 2. The highest BCUT2D eigenvalue weighted by Crippen LogP contribution is 2.57. The zero-order valence-electron chi connectivity index (χ0n) is 27.4. The molecule has 0 radical (unpaired) electrons. The molecule has 0 spiro atoms. The molecule has 16 heteroatoms. The second kappa shape index (κ2) is 13.2. The van der Waals surface area contributed by atoms with Crippen molar-refractivity contribution in [3.63, 3.8) is 0 Å². The van der Waals surface area contributed by atoms with Gasteiger partial charge in [0.15, 0.2) is 16.8 Å². The third-order valence-corrected chi connectivity index (χ3v) is 10.1. The number of hydrogen-bond acceptors (Lipinski definition) is 15. The predicted molar refractivity (Wildman–Crippen MR) is 176 cm³/mol. The Morgan fingerprint density at radius 2 is 1.56 bits per heavy atom. The SMILES string of the molecule is OCC1OC(Oc2c(Cc3ccco3)nc3c(Cc4ccccc4)nc(-c4ccc(OC5OC6(CO)C(O)C(O)C56O)cc4)cn23)C(O)C(O)C1O. The lowest BCUT2D eigenvalue weighted by Crippen LogP contribution is -2.96. The molecule has 10 atom stereocenters. The van der Waals surface area contributed by atoms with Gasteiger partial charge in [-0.15, -0.1) is 0 Å². The van der Waals surface area contributed by atoms with E-state index in [9.17, 15) is 40.9 Å². The summed E-state index contributed by atoms with van der Waals surface area (Å²) in [6.45, 7) is -1.34. The molecule has 2 aliphatic heterocycles. The summed E-state index contributed by atoms with van der Waals surface area (Å²) in [6.07, 6.45) is -8.25. The van der Waals surface area contributed by atoms with Crippen LogP contribution in [0.2, 0.25) is 0 Å². The van der Waals surface area contributed by atoms with E-state index in [0.29, 0.717) is 40.5 Å². The van der Waals surface area contributed by atoms with Crippen LogP contribution in [0.5, 0.6) is 11.6 Å². The van der Waals surface area contributed by atoms with Gasteiger partial charge in [-0.3, -0.25) is 4.40 Å². The Hall–Kier alpha value is -4.46. The van der Waals surface area contributed by atoms with Crippen molar-refractivity contribution in [3.8, 4) is 22.9 Å². The van der Waals surface area contributed by atoms with Crippen LogP contribution in [-0.2, 0) is 22.3 Å². The highest BCUT2D eigenvalue weighted by atomic mass is 16.8. The van der Waals surface area contributed by atoms with E-state index in [-0.39, 0.29) is 18.1 Å². The van der Waals surface area contributed by atoms with Gasteiger partial charge in [-0.05, 0) is 42.0 Å². The molecule has 0 amide bonds. The highest BCUT2D eigenvalue weighted by Gasteiger charge is 2.85. The maximum Gasteiger partial charge on any atom is 0.235 e. The number of aliphatic hydroxyl groups excluding tert-OH is 7. The first-order valence-corrected chi connectivity index (χ1v) is 16.7. The third kappa shape index (κ3) is 5.38. The summed E-state index contributed by atoms with van der Waals surface area (Å²) in [5.74, 6) is 0.969. The van der Waals surface area contributed by atoms with Crippen LogP contribution < -0.4 is 9.47 Å². The van der Waals surface area contributed by atoms with Gasteiger partial charge in [0.1, 0.15) is 53.8 Å². The smallest absolute Gasteiger partial charge is 0.235 e. The summed E-state index contributed by atoms with van der Waals surface area (Å²) >= 11 is 0. The summed E-state index contributed by atoms with van der Waals surface area (Å²) in [7, 11) is 0. The average molecular weight is 720 g/mol. The second-order valence-electron chi connectivity index (χ2n) is 13.2. The molecule has 3 aromatic heterocycles. The summed E-state index contributed by atoms with van der Waals surface area (Å²) in [5, 5.41) is 82.4. The van der Waals surface area contributed by atoms with Gasteiger partial charge in [0.25, 0.3) is 0 Å². The van der Waals surface area contributed by atoms with E-state index in [4.69, 9.17) is 33.3 Å². The molecular weight excluding hydrogens is 682 g/mol. The number of furan rings is 1. The molecule has 2 saturated heterocycles. The van der Waals surface area contributed by atoms with E-state index in [0.717, 1.165) is 5.56 Å². The maximum atomic E-state index is 10.9. The van der Waals surface area contributed by atoms with E-state index < -0.39 is 73.6 Å². The fourth-order valence-corrected chi connectivity index (χ4v) is 7.09. The van der Waals surface area contributed by atoms with Crippen molar-refractivity contribution in [2.75, 3.05) is 13.2 Å². The van der Waals surface area contributed by atoms with Crippen LogP contribution >= 0.6 is 0 Å². The number of aliphatic hydroxyl groups is 8. The molecule has 16 nitrogen and oxygen atoms in total. The van der Waals surface area contributed by atoms with Crippen molar-refractivity contribution < 1.29 is 64.2 Å². The van der Waals surface area contributed by atoms with Crippen molar-refractivity contribution in [1.29, 1.82) is 0 Å². The Labute approximate surface area is 295 Å². The first-order chi connectivity index (χ1) is 25.1. The molecule has 10 unspecified atom stereocenters. The van der Waals surface area contributed by atoms with Crippen LogP contribution in [-0.4, -0.2) is 129 Å². The molecule has 3 fully saturated rings. The molecule has 1 aliphatic carbocycles. The molecule has 8 N–H and O–H groups in total. The standard InChI is InChI=1S/C36H37N3O13/c40-16-25-26(42)27(43)28(44)33(50-25)51-32-23(14-21-7-4-12-48-21)38-31-22(13-18-5-2-1-3-6-18)37-24(15-39(31)32)19-8-10-20(11-9-19)49-34-36(47)30(46)29(45)35(36,17-41)52-34/h1-12,15,25-30,33-34,40-47H,13-14,16-17H2. The molecule has 5 heterocycles. The average Bonchev–Trinajstić information content (AvgIpc) is 3.81. The summed E-state index contributed by atoms with van der Waals surface area (Å²) in [4.78, 5) is 9.88.